The van der Waals surface area contributed by atoms with E-state index < -0.39 is 5.54 Å². The summed E-state index contributed by atoms with van der Waals surface area (Å²) in [5, 5.41) is 0. The van der Waals surface area contributed by atoms with Crippen molar-refractivity contribution in [3.8, 4) is 0 Å². The largest absolute Gasteiger partial charge is 0.469 e. The van der Waals surface area contributed by atoms with E-state index in [-0.39, 0.29) is 24.2 Å². The molecule has 2 aliphatic heterocycles. The maximum absolute atomic E-state index is 12.4. The molecule has 1 spiro atoms. The number of likely N-dealkylation sites (tertiary alicyclic amines) is 2. The van der Waals surface area contributed by atoms with Crippen LogP contribution in [0.4, 0.5) is 0 Å². The van der Waals surface area contributed by atoms with Crippen molar-refractivity contribution in [1.82, 2.24) is 9.80 Å². The van der Waals surface area contributed by atoms with E-state index in [0.717, 1.165) is 32.5 Å². The lowest BCUT2D eigenvalue weighted by Crippen LogP contribution is -2.57. The average Bonchev–Trinajstić information content (AvgIpc) is 2.80. The van der Waals surface area contributed by atoms with Crippen LogP contribution < -0.4 is 0 Å². The molecule has 2 aliphatic rings. The molecule has 128 valence electrons. The Bertz CT molecular complexity index is 500. The fourth-order valence-electron chi connectivity index (χ4n) is 3.82. The van der Waals surface area contributed by atoms with Gasteiger partial charge in [0.25, 0.3) is 0 Å². The number of carbonyl (C=O) groups excluding carboxylic acids is 2. The highest BCUT2D eigenvalue weighted by Gasteiger charge is 2.56. The SMILES string of the molecule is C=CCN1C(=O)CC(C(=O)OC)C12CCN(CC=C(C)C)CC2. The number of carbonyl (C=O) groups is 2. The smallest absolute Gasteiger partial charge is 0.311 e. The maximum atomic E-state index is 12.4. The third-order valence-electron chi connectivity index (χ3n) is 5.14. The number of piperidine rings is 1. The number of amides is 1. The second kappa shape index (κ2) is 7.30. The minimum atomic E-state index is -0.403. The molecule has 2 heterocycles. The van der Waals surface area contributed by atoms with Gasteiger partial charge in [-0.1, -0.05) is 17.7 Å². The van der Waals surface area contributed by atoms with Crippen LogP contribution in [0, 0.1) is 5.92 Å². The molecule has 0 aromatic carbocycles. The van der Waals surface area contributed by atoms with Gasteiger partial charge in [0.1, 0.15) is 0 Å². The molecule has 5 heteroatoms. The van der Waals surface area contributed by atoms with Crippen molar-refractivity contribution in [2.24, 2.45) is 5.92 Å². The topological polar surface area (TPSA) is 49.9 Å². The molecule has 1 amide bonds. The van der Waals surface area contributed by atoms with Gasteiger partial charge in [-0.3, -0.25) is 14.5 Å². The van der Waals surface area contributed by atoms with Crippen molar-refractivity contribution in [1.29, 1.82) is 0 Å². The molecule has 2 rings (SSSR count). The molecule has 0 radical (unpaired) electrons. The van der Waals surface area contributed by atoms with Crippen LogP contribution in [0.1, 0.15) is 33.1 Å². The summed E-state index contributed by atoms with van der Waals surface area (Å²) in [5.74, 6) is -0.578. The van der Waals surface area contributed by atoms with Gasteiger partial charge >= 0.3 is 5.97 Å². The fourth-order valence-corrected chi connectivity index (χ4v) is 3.82. The predicted octanol–water partition coefficient (Wildman–Crippen LogP) is 1.99. The van der Waals surface area contributed by atoms with Gasteiger partial charge < -0.3 is 9.64 Å². The van der Waals surface area contributed by atoms with Crippen LogP contribution in [0.15, 0.2) is 24.3 Å². The maximum Gasteiger partial charge on any atom is 0.311 e. The van der Waals surface area contributed by atoms with E-state index in [1.165, 1.54) is 12.7 Å². The normalized spacial score (nSPS) is 23.9. The summed E-state index contributed by atoms with van der Waals surface area (Å²) in [7, 11) is 1.40. The van der Waals surface area contributed by atoms with Crippen molar-refractivity contribution >= 4 is 11.9 Å². The zero-order valence-electron chi connectivity index (χ0n) is 14.5. The van der Waals surface area contributed by atoms with Crippen molar-refractivity contribution < 1.29 is 14.3 Å². The first-order chi connectivity index (χ1) is 10.9. The minimum Gasteiger partial charge on any atom is -0.469 e. The summed E-state index contributed by atoms with van der Waals surface area (Å²) in [5.41, 5.74) is 0.905. The van der Waals surface area contributed by atoms with E-state index in [0.29, 0.717) is 6.54 Å². The summed E-state index contributed by atoms with van der Waals surface area (Å²) in [6.07, 6.45) is 5.84. The number of esters is 1. The molecule has 2 saturated heterocycles. The molecule has 1 atom stereocenters. The first-order valence-corrected chi connectivity index (χ1v) is 8.29. The summed E-state index contributed by atoms with van der Waals surface area (Å²) >= 11 is 0. The third kappa shape index (κ3) is 3.50. The quantitative estimate of drug-likeness (QED) is 0.574. The standard InChI is InChI=1S/C18H28N2O3/c1-5-9-20-16(21)13-15(17(22)23-4)18(20)7-11-19(12-8-18)10-6-14(2)3/h5-6,15H,1,7-13H2,2-4H3. The van der Waals surface area contributed by atoms with Gasteiger partial charge in [0, 0.05) is 32.6 Å². The number of nitrogens with zero attached hydrogens (tertiary/aromatic N) is 2. The third-order valence-corrected chi connectivity index (χ3v) is 5.14. The first-order valence-electron chi connectivity index (χ1n) is 8.29. The van der Waals surface area contributed by atoms with Gasteiger partial charge in [0.05, 0.1) is 18.6 Å². The van der Waals surface area contributed by atoms with Crippen LogP contribution in [0.5, 0.6) is 0 Å². The number of ether oxygens (including phenoxy) is 1. The second-order valence-corrected chi connectivity index (χ2v) is 6.76. The summed E-state index contributed by atoms with van der Waals surface area (Å²) in [4.78, 5) is 28.9. The van der Waals surface area contributed by atoms with Crippen LogP contribution in [0.3, 0.4) is 0 Å². The Hall–Kier alpha value is -1.62. The molecule has 0 aromatic rings. The van der Waals surface area contributed by atoms with Crippen molar-refractivity contribution in [2.75, 3.05) is 33.3 Å². The molecule has 0 N–H and O–H groups in total. The number of allylic oxidation sites excluding steroid dienone is 1. The lowest BCUT2D eigenvalue weighted by molar-refractivity contribution is -0.150. The van der Waals surface area contributed by atoms with Crippen LogP contribution in [-0.4, -0.2) is 60.5 Å². The minimum absolute atomic E-state index is 0.0399. The Morgan fingerprint density at radius 3 is 2.52 bits per heavy atom. The summed E-state index contributed by atoms with van der Waals surface area (Å²) in [6.45, 7) is 11.2. The van der Waals surface area contributed by atoms with E-state index in [9.17, 15) is 9.59 Å². The predicted molar refractivity (Wildman–Crippen MR) is 89.9 cm³/mol. The Morgan fingerprint density at radius 1 is 1.35 bits per heavy atom. The Balaban J connectivity index is 2.18. The molecule has 23 heavy (non-hydrogen) atoms. The zero-order chi connectivity index (χ0) is 17.0. The Morgan fingerprint density at radius 2 is 2.00 bits per heavy atom. The zero-order valence-corrected chi connectivity index (χ0v) is 14.5. The van der Waals surface area contributed by atoms with E-state index in [2.05, 4.69) is 31.4 Å². The first kappa shape index (κ1) is 17.7. The van der Waals surface area contributed by atoms with Gasteiger partial charge in [-0.2, -0.15) is 0 Å². The highest BCUT2D eigenvalue weighted by Crippen LogP contribution is 2.44. The number of hydrogen-bond donors (Lipinski definition) is 0. The highest BCUT2D eigenvalue weighted by molar-refractivity contribution is 5.89. The van der Waals surface area contributed by atoms with Gasteiger partial charge in [-0.15, -0.1) is 6.58 Å². The van der Waals surface area contributed by atoms with Crippen molar-refractivity contribution in [3.63, 3.8) is 0 Å². The molecular weight excluding hydrogens is 292 g/mol. The molecule has 0 aliphatic carbocycles. The van der Waals surface area contributed by atoms with Gasteiger partial charge in [0.2, 0.25) is 5.91 Å². The Labute approximate surface area is 139 Å². The molecule has 5 nitrogen and oxygen atoms in total. The van der Waals surface area contributed by atoms with E-state index in [1.54, 1.807) is 6.08 Å². The monoisotopic (exact) mass is 320 g/mol. The fraction of sp³-hybridized carbons (Fsp3) is 0.667. The van der Waals surface area contributed by atoms with Gasteiger partial charge in [-0.05, 0) is 26.7 Å². The number of methoxy groups -OCH3 is 1. The molecule has 1 unspecified atom stereocenters. The van der Waals surface area contributed by atoms with Crippen molar-refractivity contribution in [2.45, 2.75) is 38.6 Å². The van der Waals surface area contributed by atoms with Gasteiger partial charge in [0.15, 0.2) is 0 Å². The molecule has 0 saturated carbocycles. The number of rotatable bonds is 5. The second-order valence-electron chi connectivity index (χ2n) is 6.76. The molecule has 0 bridgehead atoms. The van der Waals surface area contributed by atoms with Crippen LogP contribution in [-0.2, 0) is 14.3 Å². The lowest BCUT2D eigenvalue weighted by atomic mass is 9.76. The highest BCUT2D eigenvalue weighted by atomic mass is 16.5. The number of hydrogen-bond acceptors (Lipinski definition) is 4. The van der Waals surface area contributed by atoms with Crippen LogP contribution in [0.2, 0.25) is 0 Å². The average molecular weight is 320 g/mol. The lowest BCUT2D eigenvalue weighted by Gasteiger charge is -2.46. The van der Waals surface area contributed by atoms with Gasteiger partial charge in [-0.25, -0.2) is 0 Å². The van der Waals surface area contributed by atoms with Crippen LogP contribution >= 0.6 is 0 Å². The van der Waals surface area contributed by atoms with E-state index in [1.807, 2.05) is 4.90 Å². The molecule has 0 aromatic heterocycles. The van der Waals surface area contributed by atoms with Crippen molar-refractivity contribution in [3.05, 3.63) is 24.3 Å². The summed E-state index contributed by atoms with van der Waals surface area (Å²) < 4.78 is 4.98. The van der Waals surface area contributed by atoms with E-state index in [4.69, 9.17) is 4.74 Å². The van der Waals surface area contributed by atoms with E-state index >= 15 is 0 Å². The summed E-state index contributed by atoms with van der Waals surface area (Å²) in [6, 6.07) is 0. The Kier molecular flexibility index (Phi) is 5.63. The van der Waals surface area contributed by atoms with Crippen LogP contribution in [0.25, 0.3) is 0 Å². The molecular formula is C18H28N2O3. The molecule has 2 fully saturated rings.